The van der Waals surface area contributed by atoms with Gasteiger partial charge in [0, 0.05) is 25.5 Å². The molecule has 0 aliphatic carbocycles. The second-order valence-electron chi connectivity index (χ2n) is 7.51. The van der Waals surface area contributed by atoms with Crippen LogP contribution in [-0.4, -0.2) is 51.8 Å². The van der Waals surface area contributed by atoms with E-state index in [2.05, 4.69) is 31.0 Å². The number of amides is 1. The number of nitrogens with zero attached hydrogens (tertiary/aromatic N) is 3. The molecule has 29 heavy (non-hydrogen) atoms. The lowest BCUT2D eigenvalue weighted by molar-refractivity contribution is -0.151. The van der Waals surface area contributed by atoms with E-state index in [0.717, 1.165) is 23.7 Å². The van der Waals surface area contributed by atoms with Crippen LogP contribution in [0.2, 0.25) is 0 Å². The van der Waals surface area contributed by atoms with Crippen LogP contribution in [0.3, 0.4) is 0 Å². The first-order valence-corrected chi connectivity index (χ1v) is 11.2. The fraction of sp³-hybridized carbons (Fsp3) is 0.500. The van der Waals surface area contributed by atoms with E-state index >= 15 is 0 Å². The SMILES string of the molecule is CCOC(=O)C1CCCN(C(=O)CSc2nccn2-c2ccccc2C(C)C)C1. The predicted molar refractivity (Wildman–Crippen MR) is 114 cm³/mol. The van der Waals surface area contributed by atoms with Gasteiger partial charge in [0.15, 0.2) is 5.16 Å². The van der Waals surface area contributed by atoms with Gasteiger partial charge in [0.25, 0.3) is 0 Å². The first kappa shape index (κ1) is 21.4. The molecule has 1 aliphatic rings. The Morgan fingerprint density at radius 1 is 1.31 bits per heavy atom. The Morgan fingerprint density at radius 3 is 2.86 bits per heavy atom. The second-order valence-corrected chi connectivity index (χ2v) is 8.46. The van der Waals surface area contributed by atoms with Crippen molar-refractivity contribution in [3.63, 3.8) is 0 Å². The summed E-state index contributed by atoms with van der Waals surface area (Å²) in [5, 5.41) is 0.797. The van der Waals surface area contributed by atoms with Crippen molar-refractivity contribution in [2.24, 2.45) is 5.92 Å². The number of para-hydroxylation sites is 1. The lowest BCUT2D eigenvalue weighted by Gasteiger charge is -2.31. The number of benzene rings is 1. The van der Waals surface area contributed by atoms with E-state index in [1.807, 2.05) is 22.9 Å². The quantitative estimate of drug-likeness (QED) is 0.507. The number of esters is 1. The maximum Gasteiger partial charge on any atom is 0.310 e. The van der Waals surface area contributed by atoms with Gasteiger partial charge in [-0.2, -0.15) is 0 Å². The summed E-state index contributed by atoms with van der Waals surface area (Å²) in [5.74, 6) is 0.323. The molecule has 1 saturated heterocycles. The van der Waals surface area contributed by atoms with Gasteiger partial charge in [-0.1, -0.05) is 43.8 Å². The van der Waals surface area contributed by atoms with Crippen LogP contribution in [0, 0.1) is 5.92 Å². The number of thioether (sulfide) groups is 1. The molecule has 1 amide bonds. The van der Waals surface area contributed by atoms with E-state index in [4.69, 9.17) is 4.74 Å². The largest absolute Gasteiger partial charge is 0.466 e. The van der Waals surface area contributed by atoms with Gasteiger partial charge in [0.05, 0.1) is 24.0 Å². The maximum absolute atomic E-state index is 12.8. The fourth-order valence-corrected chi connectivity index (χ4v) is 4.52. The van der Waals surface area contributed by atoms with Crippen LogP contribution in [0.25, 0.3) is 5.69 Å². The molecule has 1 unspecified atom stereocenters. The Balaban J connectivity index is 1.65. The van der Waals surface area contributed by atoms with Crippen molar-refractivity contribution in [1.82, 2.24) is 14.5 Å². The summed E-state index contributed by atoms with van der Waals surface area (Å²) in [6, 6.07) is 8.27. The highest BCUT2D eigenvalue weighted by Gasteiger charge is 2.29. The Hall–Kier alpha value is -2.28. The molecule has 0 saturated carbocycles. The molecule has 3 rings (SSSR count). The van der Waals surface area contributed by atoms with Crippen LogP contribution < -0.4 is 0 Å². The normalized spacial score (nSPS) is 16.8. The molecule has 0 bridgehead atoms. The second kappa shape index (κ2) is 9.96. The Kier molecular flexibility index (Phi) is 7.36. The van der Waals surface area contributed by atoms with Gasteiger partial charge in [-0.15, -0.1) is 0 Å². The average molecular weight is 416 g/mol. The molecule has 6 nitrogen and oxygen atoms in total. The molecule has 1 aromatic carbocycles. The molecule has 7 heteroatoms. The number of piperidine rings is 1. The van der Waals surface area contributed by atoms with Crippen molar-refractivity contribution in [3.8, 4) is 5.69 Å². The highest BCUT2D eigenvalue weighted by atomic mass is 32.2. The molecule has 1 aliphatic heterocycles. The van der Waals surface area contributed by atoms with Crippen molar-refractivity contribution in [2.45, 2.75) is 44.7 Å². The van der Waals surface area contributed by atoms with Crippen molar-refractivity contribution in [3.05, 3.63) is 42.2 Å². The zero-order valence-corrected chi connectivity index (χ0v) is 18.2. The standard InChI is InChI=1S/C22H29N3O3S/c1-4-28-21(27)17-8-7-12-24(14-17)20(26)15-29-22-23-11-13-25(22)19-10-6-5-9-18(19)16(2)3/h5-6,9-11,13,16-17H,4,7-8,12,14-15H2,1-3H3. The predicted octanol–water partition coefficient (Wildman–Crippen LogP) is 3.89. The van der Waals surface area contributed by atoms with Gasteiger partial charge < -0.3 is 9.64 Å². The van der Waals surface area contributed by atoms with E-state index in [1.165, 1.54) is 17.3 Å². The first-order chi connectivity index (χ1) is 14.0. The zero-order chi connectivity index (χ0) is 20.8. The molecule has 1 aromatic heterocycles. The third-order valence-corrected chi connectivity index (χ3v) is 6.10. The first-order valence-electron chi connectivity index (χ1n) is 10.2. The molecule has 0 N–H and O–H groups in total. The van der Waals surface area contributed by atoms with Crippen molar-refractivity contribution < 1.29 is 14.3 Å². The molecular weight excluding hydrogens is 386 g/mol. The van der Waals surface area contributed by atoms with Gasteiger partial charge in [-0.3, -0.25) is 14.2 Å². The lowest BCUT2D eigenvalue weighted by atomic mass is 9.98. The third-order valence-electron chi connectivity index (χ3n) is 5.14. The van der Waals surface area contributed by atoms with Crippen LogP contribution in [-0.2, 0) is 14.3 Å². The minimum absolute atomic E-state index is 0.0377. The molecule has 2 aromatic rings. The summed E-state index contributed by atoms with van der Waals surface area (Å²) in [4.78, 5) is 31.0. The summed E-state index contributed by atoms with van der Waals surface area (Å²) in [6.45, 7) is 7.66. The Bertz CT molecular complexity index is 849. The van der Waals surface area contributed by atoms with Gasteiger partial charge in [-0.05, 0) is 37.3 Å². The van der Waals surface area contributed by atoms with Crippen LogP contribution in [0.5, 0.6) is 0 Å². The smallest absolute Gasteiger partial charge is 0.310 e. The van der Waals surface area contributed by atoms with Gasteiger partial charge in [-0.25, -0.2) is 4.98 Å². The molecular formula is C22H29N3O3S. The Labute approximate surface area is 176 Å². The number of carbonyl (C=O) groups is 2. The minimum Gasteiger partial charge on any atom is -0.466 e. The number of likely N-dealkylation sites (tertiary alicyclic amines) is 1. The van der Waals surface area contributed by atoms with Gasteiger partial charge in [0.1, 0.15) is 0 Å². The monoisotopic (exact) mass is 415 g/mol. The lowest BCUT2D eigenvalue weighted by Crippen LogP contribution is -2.43. The molecule has 0 radical (unpaired) electrons. The van der Waals surface area contributed by atoms with Crippen molar-refractivity contribution in [1.29, 1.82) is 0 Å². The summed E-state index contributed by atoms with van der Waals surface area (Å²) >= 11 is 1.44. The summed E-state index contributed by atoms with van der Waals surface area (Å²) in [6.07, 6.45) is 5.32. The number of carbonyl (C=O) groups excluding carboxylic acids is 2. The van der Waals surface area contributed by atoms with E-state index in [1.54, 1.807) is 18.0 Å². The third kappa shape index (κ3) is 5.21. The molecule has 0 spiro atoms. The van der Waals surface area contributed by atoms with Crippen LogP contribution >= 0.6 is 11.8 Å². The fourth-order valence-electron chi connectivity index (χ4n) is 3.65. The summed E-state index contributed by atoms with van der Waals surface area (Å²) in [7, 11) is 0. The van der Waals surface area contributed by atoms with Crippen molar-refractivity contribution in [2.75, 3.05) is 25.4 Å². The number of ether oxygens (including phenoxy) is 1. The van der Waals surface area contributed by atoms with E-state index in [0.29, 0.717) is 31.4 Å². The molecule has 1 fully saturated rings. The number of rotatable bonds is 7. The molecule has 2 heterocycles. The number of imidazole rings is 1. The van der Waals surface area contributed by atoms with Crippen molar-refractivity contribution >= 4 is 23.6 Å². The van der Waals surface area contributed by atoms with Gasteiger partial charge in [0.2, 0.25) is 5.91 Å². The van der Waals surface area contributed by atoms with Crippen LogP contribution in [0.1, 0.15) is 45.1 Å². The maximum atomic E-state index is 12.8. The van der Waals surface area contributed by atoms with E-state index in [-0.39, 0.29) is 17.8 Å². The van der Waals surface area contributed by atoms with Crippen LogP contribution in [0.15, 0.2) is 41.8 Å². The molecule has 1 atom stereocenters. The number of aromatic nitrogens is 2. The van der Waals surface area contributed by atoms with Crippen LogP contribution in [0.4, 0.5) is 0 Å². The van der Waals surface area contributed by atoms with E-state index < -0.39 is 0 Å². The minimum atomic E-state index is -0.211. The topological polar surface area (TPSA) is 64.4 Å². The number of hydrogen-bond acceptors (Lipinski definition) is 5. The molecule has 156 valence electrons. The highest BCUT2D eigenvalue weighted by Crippen LogP contribution is 2.27. The summed E-state index contributed by atoms with van der Waals surface area (Å²) in [5.41, 5.74) is 2.34. The summed E-state index contributed by atoms with van der Waals surface area (Å²) < 4.78 is 7.17. The Morgan fingerprint density at radius 2 is 2.10 bits per heavy atom. The zero-order valence-electron chi connectivity index (χ0n) is 17.3. The average Bonchev–Trinajstić information content (AvgIpc) is 3.20. The highest BCUT2D eigenvalue weighted by molar-refractivity contribution is 7.99. The number of hydrogen-bond donors (Lipinski definition) is 0. The van der Waals surface area contributed by atoms with Gasteiger partial charge >= 0.3 is 5.97 Å². The van der Waals surface area contributed by atoms with E-state index in [9.17, 15) is 9.59 Å².